The number of carbonyl (C=O) groups excluding carboxylic acids is 2. The van der Waals surface area contributed by atoms with Crippen LogP contribution in [0.3, 0.4) is 0 Å². The van der Waals surface area contributed by atoms with Crippen LogP contribution in [0.1, 0.15) is 13.3 Å². The molecule has 1 aromatic carbocycles. The Labute approximate surface area is 130 Å². The Morgan fingerprint density at radius 1 is 1.33 bits per heavy atom. The lowest BCUT2D eigenvalue weighted by atomic mass is 10.3. The molecule has 1 N–H and O–H groups in total. The van der Waals surface area contributed by atoms with Gasteiger partial charge in [-0.15, -0.1) is 11.8 Å². The molecule has 0 unspecified atom stereocenters. The summed E-state index contributed by atoms with van der Waals surface area (Å²) in [5.74, 6) is -0.333. The molecule has 1 rings (SSSR count). The summed E-state index contributed by atoms with van der Waals surface area (Å²) in [6.07, 6.45) is 2.26. The first kappa shape index (κ1) is 17.5. The Kier molecular flexibility index (Phi) is 7.85. The van der Waals surface area contributed by atoms with Gasteiger partial charge in [-0.3, -0.25) is 14.5 Å². The standard InChI is InChI=1S/C15H22N2O3S/c1-4-20-15(19)9-10-17(2)11-14(18)16-12-7-5-6-8-13(12)21-3/h5-8H,4,9-11H2,1-3H3,(H,16,18). The largest absolute Gasteiger partial charge is 0.466 e. The average molecular weight is 310 g/mol. The maximum atomic E-state index is 12.0. The molecular weight excluding hydrogens is 288 g/mol. The van der Waals surface area contributed by atoms with Gasteiger partial charge in [0.05, 0.1) is 25.3 Å². The highest BCUT2D eigenvalue weighted by molar-refractivity contribution is 7.98. The first-order valence-electron chi connectivity index (χ1n) is 6.83. The molecule has 0 saturated carbocycles. The van der Waals surface area contributed by atoms with Crippen LogP contribution in [0, 0.1) is 0 Å². The van der Waals surface area contributed by atoms with Crippen molar-refractivity contribution in [3.63, 3.8) is 0 Å². The van der Waals surface area contributed by atoms with Crippen molar-refractivity contribution in [1.29, 1.82) is 0 Å². The maximum absolute atomic E-state index is 12.0. The van der Waals surface area contributed by atoms with Gasteiger partial charge in [0.25, 0.3) is 0 Å². The van der Waals surface area contributed by atoms with E-state index in [9.17, 15) is 9.59 Å². The molecule has 116 valence electrons. The van der Waals surface area contributed by atoms with Crippen LogP contribution in [0.15, 0.2) is 29.2 Å². The second-order valence-electron chi connectivity index (χ2n) is 4.54. The van der Waals surface area contributed by atoms with Crippen LogP contribution >= 0.6 is 11.8 Å². The highest BCUT2D eigenvalue weighted by Crippen LogP contribution is 2.24. The first-order valence-corrected chi connectivity index (χ1v) is 8.06. The van der Waals surface area contributed by atoms with Crippen LogP contribution in [0.5, 0.6) is 0 Å². The van der Waals surface area contributed by atoms with Gasteiger partial charge in [-0.1, -0.05) is 12.1 Å². The molecule has 1 amide bonds. The van der Waals surface area contributed by atoms with Gasteiger partial charge in [0.1, 0.15) is 0 Å². The Morgan fingerprint density at radius 2 is 2.05 bits per heavy atom. The molecule has 0 radical (unpaired) electrons. The number of nitrogens with zero attached hydrogens (tertiary/aromatic N) is 1. The maximum Gasteiger partial charge on any atom is 0.307 e. The molecule has 0 saturated heterocycles. The van der Waals surface area contributed by atoms with E-state index in [2.05, 4.69) is 5.32 Å². The molecule has 0 aliphatic rings. The molecule has 6 heteroatoms. The number of hydrogen-bond acceptors (Lipinski definition) is 5. The fourth-order valence-electron chi connectivity index (χ4n) is 1.78. The minimum atomic E-state index is -0.238. The van der Waals surface area contributed by atoms with E-state index < -0.39 is 0 Å². The molecule has 0 heterocycles. The summed E-state index contributed by atoms with van der Waals surface area (Å²) in [6, 6.07) is 7.67. The van der Waals surface area contributed by atoms with Crippen molar-refractivity contribution in [2.75, 3.05) is 38.3 Å². The topological polar surface area (TPSA) is 58.6 Å². The number of anilines is 1. The van der Waals surface area contributed by atoms with Gasteiger partial charge in [0, 0.05) is 11.4 Å². The van der Waals surface area contributed by atoms with Crippen LogP contribution in [-0.4, -0.2) is 49.8 Å². The molecule has 0 fully saturated rings. The number of benzene rings is 1. The lowest BCUT2D eigenvalue weighted by molar-refractivity contribution is -0.143. The molecule has 0 atom stereocenters. The number of para-hydroxylation sites is 1. The molecule has 0 spiro atoms. The number of nitrogens with one attached hydrogen (secondary N) is 1. The molecule has 0 bridgehead atoms. The summed E-state index contributed by atoms with van der Waals surface area (Å²) < 4.78 is 4.85. The smallest absolute Gasteiger partial charge is 0.307 e. The number of hydrogen-bond donors (Lipinski definition) is 1. The molecule has 21 heavy (non-hydrogen) atoms. The second kappa shape index (κ2) is 9.41. The SMILES string of the molecule is CCOC(=O)CCN(C)CC(=O)Nc1ccccc1SC. The number of thioether (sulfide) groups is 1. The van der Waals surface area contributed by atoms with Gasteiger partial charge in [-0.25, -0.2) is 0 Å². The zero-order valence-corrected chi connectivity index (χ0v) is 13.5. The van der Waals surface area contributed by atoms with Gasteiger partial charge in [0.2, 0.25) is 5.91 Å². The van der Waals surface area contributed by atoms with Gasteiger partial charge in [0.15, 0.2) is 0 Å². The minimum absolute atomic E-state index is 0.0946. The Balaban J connectivity index is 2.41. The van der Waals surface area contributed by atoms with Gasteiger partial charge in [-0.2, -0.15) is 0 Å². The predicted octanol–water partition coefficient (Wildman–Crippen LogP) is 2.23. The molecule has 0 aromatic heterocycles. The number of carbonyl (C=O) groups is 2. The van der Waals surface area contributed by atoms with Crippen LogP contribution < -0.4 is 5.32 Å². The van der Waals surface area contributed by atoms with Crippen molar-refractivity contribution in [2.24, 2.45) is 0 Å². The van der Waals surface area contributed by atoms with Crippen molar-refractivity contribution in [2.45, 2.75) is 18.2 Å². The third-order valence-corrected chi connectivity index (χ3v) is 3.59. The van der Waals surface area contributed by atoms with Crippen molar-refractivity contribution in [3.8, 4) is 0 Å². The first-order chi connectivity index (χ1) is 10.1. The minimum Gasteiger partial charge on any atom is -0.466 e. The lowest BCUT2D eigenvalue weighted by Gasteiger charge is -2.16. The lowest BCUT2D eigenvalue weighted by Crippen LogP contribution is -2.32. The van der Waals surface area contributed by atoms with Crippen molar-refractivity contribution in [3.05, 3.63) is 24.3 Å². The van der Waals surface area contributed by atoms with E-state index in [1.165, 1.54) is 0 Å². The summed E-state index contributed by atoms with van der Waals surface area (Å²) in [6.45, 7) is 2.89. The molecule has 5 nitrogen and oxygen atoms in total. The summed E-state index contributed by atoms with van der Waals surface area (Å²) in [4.78, 5) is 26.1. The van der Waals surface area contributed by atoms with Crippen LogP contribution in [0.2, 0.25) is 0 Å². The van der Waals surface area contributed by atoms with Crippen molar-refractivity contribution < 1.29 is 14.3 Å². The summed E-state index contributed by atoms with van der Waals surface area (Å²) in [5, 5.41) is 2.89. The zero-order valence-electron chi connectivity index (χ0n) is 12.7. The van der Waals surface area contributed by atoms with Crippen LogP contribution in [0.25, 0.3) is 0 Å². The van der Waals surface area contributed by atoms with E-state index in [1.54, 1.807) is 30.6 Å². The molecule has 0 aliphatic heterocycles. The number of rotatable bonds is 8. The van der Waals surface area contributed by atoms with Gasteiger partial charge >= 0.3 is 5.97 Å². The number of esters is 1. The van der Waals surface area contributed by atoms with Gasteiger partial charge in [-0.05, 0) is 32.4 Å². The zero-order chi connectivity index (χ0) is 15.7. The molecule has 1 aromatic rings. The Hall–Kier alpha value is -1.53. The van der Waals surface area contributed by atoms with E-state index >= 15 is 0 Å². The highest BCUT2D eigenvalue weighted by Gasteiger charge is 2.10. The highest BCUT2D eigenvalue weighted by atomic mass is 32.2. The summed E-state index contributed by atoms with van der Waals surface area (Å²) in [5.41, 5.74) is 0.814. The summed E-state index contributed by atoms with van der Waals surface area (Å²) in [7, 11) is 1.80. The monoisotopic (exact) mass is 310 g/mol. The number of likely N-dealkylation sites (N-methyl/N-ethyl adjacent to an activating group) is 1. The average Bonchev–Trinajstić information content (AvgIpc) is 2.46. The fourth-order valence-corrected chi connectivity index (χ4v) is 2.33. The Bertz CT molecular complexity index is 480. The molecule has 0 aliphatic carbocycles. The van der Waals surface area contributed by atoms with Crippen LogP contribution in [-0.2, 0) is 14.3 Å². The quantitative estimate of drug-likeness (QED) is 0.589. The van der Waals surface area contributed by atoms with E-state index in [4.69, 9.17) is 4.74 Å². The normalized spacial score (nSPS) is 10.5. The van der Waals surface area contributed by atoms with Crippen molar-refractivity contribution in [1.82, 2.24) is 4.90 Å². The van der Waals surface area contributed by atoms with Crippen molar-refractivity contribution >= 4 is 29.3 Å². The third-order valence-electron chi connectivity index (χ3n) is 2.80. The second-order valence-corrected chi connectivity index (χ2v) is 5.39. The van der Waals surface area contributed by atoms with E-state index in [-0.39, 0.29) is 18.4 Å². The third kappa shape index (κ3) is 6.64. The predicted molar refractivity (Wildman–Crippen MR) is 85.6 cm³/mol. The number of amides is 1. The molecular formula is C15H22N2O3S. The number of ether oxygens (including phenoxy) is 1. The summed E-state index contributed by atoms with van der Waals surface area (Å²) >= 11 is 1.59. The fraction of sp³-hybridized carbons (Fsp3) is 0.467. The van der Waals surface area contributed by atoms with Crippen LogP contribution in [0.4, 0.5) is 5.69 Å². The van der Waals surface area contributed by atoms with E-state index in [0.717, 1.165) is 10.6 Å². The van der Waals surface area contributed by atoms with E-state index in [0.29, 0.717) is 19.6 Å². The van der Waals surface area contributed by atoms with E-state index in [1.807, 2.05) is 30.5 Å². The van der Waals surface area contributed by atoms with Gasteiger partial charge < -0.3 is 10.1 Å². The Morgan fingerprint density at radius 3 is 2.71 bits per heavy atom.